The molecule has 1 rings (SSSR count). The number of rotatable bonds is 6. The van der Waals surface area contributed by atoms with Crippen LogP contribution in [0.15, 0.2) is 18.2 Å². The maximum Gasteiger partial charge on any atom is 0.296 e. The minimum absolute atomic E-state index is 0.0704. The van der Waals surface area contributed by atoms with Crippen molar-refractivity contribution in [1.29, 1.82) is 0 Å². The van der Waals surface area contributed by atoms with E-state index in [0.717, 1.165) is 19.4 Å². The molecule has 104 valence electrons. The molecule has 0 heterocycles. The summed E-state index contributed by atoms with van der Waals surface area (Å²) in [4.78, 5) is 10.5. The molecule has 0 aliphatic heterocycles. The van der Waals surface area contributed by atoms with Crippen LogP contribution >= 0.6 is 12.2 Å². The predicted octanol–water partition coefficient (Wildman–Crippen LogP) is 2.69. The van der Waals surface area contributed by atoms with Crippen LogP contribution in [0.3, 0.4) is 0 Å². The van der Waals surface area contributed by atoms with Crippen LogP contribution in [-0.4, -0.2) is 23.7 Å². The van der Waals surface area contributed by atoms with Crippen LogP contribution in [0.2, 0.25) is 0 Å². The zero-order valence-corrected chi connectivity index (χ0v) is 11.8. The smallest absolute Gasteiger partial charge is 0.296 e. The first-order chi connectivity index (χ1) is 9.08. The maximum atomic E-state index is 11.0. The van der Waals surface area contributed by atoms with E-state index in [1.54, 1.807) is 12.1 Å². The number of anilines is 1. The van der Waals surface area contributed by atoms with Crippen molar-refractivity contribution in [1.82, 2.24) is 5.32 Å². The zero-order chi connectivity index (χ0) is 14.3. The summed E-state index contributed by atoms with van der Waals surface area (Å²) < 4.78 is 4.96. The lowest BCUT2D eigenvalue weighted by molar-refractivity contribution is -0.384. The van der Waals surface area contributed by atoms with Gasteiger partial charge in [-0.2, -0.15) is 0 Å². The van der Waals surface area contributed by atoms with Crippen LogP contribution in [-0.2, 0) is 0 Å². The van der Waals surface area contributed by atoms with E-state index < -0.39 is 4.92 Å². The summed E-state index contributed by atoms with van der Waals surface area (Å²) in [7, 11) is 1.46. The summed E-state index contributed by atoms with van der Waals surface area (Å²) in [5.41, 5.74) is 0.277. The molecule has 7 heteroatoms. The zero-order valence-electron chi connectivity index (χ0n) is 10.9. The van der Waals surface area contributed by atoms with Crippen molar-refractivity contribution in [3.05, 3.63) is 28.3 Å². The van der Waals surface area contributed by atoms with Crippen LogP contribution in [0, 0.1) is 10.1 Å². The molecular formula is C12H17N3O3S. The minimum atomic E-state index is -0.473. The van der Waals surface area contributed by atoms with Gasteiger partial charge in [0.15, 0.2) is 5.11 Å². The van der Waals surface area contributed by atoms with Crippen LogP contribution in [0.25, 0.3) is 0 Å². The molecule has 0 unspecified atom stereocenters. The molecule has 0 aromatic heterocycles. The van der Waals surface area contributed by atoms with Crippen molar-refractivity contribution in [2.45, 2.75) is 19.8 Å². The normalized spacial score (nSPS) is 9.79. The van der Waals surface area contributed by atoms with E-state index in [0.29, 0.717) is 16.5 Å². The summed E-state index contributed by atoms with van der Waals surface area (Å²) in [6, 6.07) is 4.58. The standard InChI is InChI=1S/C12H17N3O3S/c1-3-4-7-13-12(19)14-10-6-5-9(18-2)8-11(10)15(16)17/h5-6,8H,3-4,7H2,1-2H3,(H2,13,14,19). The van der Waals surface area contributed by atoms with Gasteiger partial charge in [-0.3, -0.25) is 10.1 Å². The number of nitro benzene ring substituents is 1. The summed E-state index contributed by atoms with van der Waals surface area (Å²) in [6.45, 7) is 2.82. The third-order valence-corrected chi connectivity index (χ3v) is 2.71. The number of nitro groups is 1. The number of hydrogen-bond acceptors (Lipinski definition) is 4. The molecule has 0 atom stereocenters. The second kappa shape index (κ2) is 7.52. The van der Waals surface area contributed by atoms with Crippen LogP contribution in [0.4, 0.5) is 11.4 Å². The highest BCUT2D eigenvalue weighted by Gasteiger charge is 2.15. The molecule has 6 nitrogen and oxygen atoms in total. The Balaban J connectivity index is 2.77. The fraction of sp³-hybridized carbons (Fsp3) is 0.417. The van der Waals surface area contributed by atoms with Gasteiger partial charge in [0.2, 0.25) is 0 Å². The van der Waals surface area contributed by atoms with E-state index in [9.17, 15) is 10.1 Å². The van der Waals surface area contributed by atoms with Crippen LogP contribution in [0.1, 0.15) is 19.8 Å². The fourth-order valence-corrected chi connectivity index (χ4v) is 1.65. The second-order valence-electron chi connectivity index (χ2n) is 3.87. The SMILES string of the molecule is CCCCNC(=S)Nc1ccc(OC)cc1[N+](=O)[O-]. The van der Waals surface area contributed by atoms with E-state index in [2.05, 4.69) is 17.6 Å². The molecule has 0 saturated carbocycles. The third kappa shape index (κ3) is 4.70. The van der Waals surface area contributed by atoms with Gasteiger partial charge in [0, 0.05) is 6.54 Å². The molecule has 1 aromatic carbocycles. The Morgan fingerprint density at radius 2 is 2.26 bits per heavy atom. The molecule has 0 fully saturated rings. The van der Waals surface area contributed by atoms with Gasteiger partial charge in [-0.25, -0.2) is 0 Å². The highest BCUT2D eigenvalue weighted by molar-refractivity contribution is 7.80. The number of ether oxygens (including phenoxy) is 1. The number of benzene rings is 1. The summed E-state index contributed by atoms with van der Waals surface area (Å²) in [5.74, 6) is 0.433. The average molecular weight is 283 g/mol. The van der Waals surface area contributed by atoms with E-state index in [1.807, 2.05) is 0 Å². The van der Waals surface area contributed by atoms with Crippen LogP contribution in [0.5, 0.6) is 5.75 Å². The lowest BCUT2D eigenvalue weighted by atomic mass is 10.2. The Morgan fingerprint density at radius 1 is 1.53 bits per heavy atom. The van der Waals surface area contributed by atoms with Gasteiger partial charge in [-0.15, -0.1) is 0 Å². The summed E-state index contributed by atoms with van der Waals surface area (Å²) in [5, 5.41) is 17.2. The average Bonchev–Trinajstić information content (AvgIpc) is 2.39. The molecule has 0 amide bonds. The fourth-order valence-electron chi connectivity index (χ4n) is 1.44. The molecule has 1 aromatic rings. The molecular weight excluding hydrogens is 266 g/mol. The highest BCUT2D eigenvalue weighted by atomic mass is 32.1. The quantitative estimate of drug-likeness (QED) is 0.362. The molecule has 0 aliphatic rings. The molecule has 0 bridgehead atoms. The molecule has 0 radical (unpaired) electrons. The third-order valence-electron chi connectivity index (χ3n) is 2.47. The number of hydrogen-bond donors (Lipinski definition) is 2. The van der Waals surface area contributed by atoms with Crippen molar-refractivity contribution in [3.8, 4) is 5.75 Å². The van der Waals surface area contributed by atoms with Crippen molar-refractivity contribution in [2.24, 2.45) is 0 Å². The molecule has 19 heavy (non-hydrogen) atoms. The van der Waals surface area contributed by atoms with Gasteiger partial charge in [-0.1, -0.05) is 13.3 Å². The van der Waals surface area contributed by atoms with Crippen molar-refractivity contribution in [2.75, 3.05) is 19.0 Å². The number of nitrogens with zero attached hydrogens (tertiary/aromatic N) is 1. The van der Waals surface area contributed by atoms with Gasteiger partial charge < -0.3 is 15.4 Å². The highest BCUT2D eigenvalue weighted by Crippen LogP contribution is 2.28. The van der Waals surface area contributed by atoms with E-state index in [-0.39, 0.29) is 5.69 Å². The Bertz CT molecular complexity index is 466. The van der Waals surface area contributed by atoms with Crippen molar-refractivity contribution in [3.63, 3.8) is 0 Å². The minimum Gasteiger partial charge on any atom is -0.496 e. The van der Waals surface area contributed by atoms with Gasteiger partial charge >= 0.3 is 0 Å². The monoisotopic (exact) mass is 283 g/mol. The van der Waals surface area contributed by atoms with E-state index >= 15 is 0 Å². The number of unbranched alkanes of at least 4 members (excludes halogenated alkanes) is 1. The first-order valence-corrected chi connectivity index (χ1v) is 6.36. The van der Waals surface area contributed by atoms with Crippen molar-refractivity contribution >= 4 is 28.7 Å². The first-order valence-electron chi connectivity index (χ1n) is 5.95. The molecule has 0 spiro atoms. The topological polar surface area (TPSA) is 76.4 Å². The van der Waals surface area contributed by atoms with Gasteiger partial charge in [-0.05, 0) is 30.8 Å². The lowest BCUT2D eigenvalue weighted by Crippen LogP contribution is -2.29. The van der Waals surface area contributed by atoms with Gasteiger partial charge in [0.05, 0.1) is 18.1 Å². The van der Waals surface area contributed by atoms with Crippen LogP contribution < -0.4 is 15.4 Å². The molecule has 2 N–H and O–H groups in total. The summed E-state index contributed by atoms with van der Waals surface area (Å²) in [6.07, 6.45) is 2.05. The largest absolute Gasteiger partial charge is 0.496 e. The molecule has 0 aliphatic carbocycles. The molecule has 0 saturated heterocycles. The maximum absolute atomic E-state index is 11.0. The van der Waals surface area contributed by atoms with Gasteiger partial charge in [0.1, 0.15) is 11.4 Å². The lowest BCUT2D eigenvalue weighted by Gasteiger charge is -2.11. The number of thiocarbonyl (C=S) groups is 1. The van der Waals surface area contributed by atoms with E-state index in [4.69, 9.17) is 17.0 Å². The second-order valence-corrected chi connectivity index (χ2v) is 4.28. The Kier molecular flexibility index (Phi) is 6.01. The Morgan fingerprint density at radius 3 is 2.84 bits per heavy atom. The number of methoxy groups -OCH3 is 1. The van der Waals surface area contributed by atoms with E-state index in [1.165, 1.54) is 13.2 Å². The summed E-state index contributed by atoms with van der Waals surface area (Å²) >= 11 is 5.08. The number of nitrogens with one attached hydrogen (secondary N) is 2. The predicted molar refractivity (Wildman–Crippen MR) is 78.8 cm³/mol. The van der Waals surface area contributed by atoms with Crippen molar-refractivity contribution < 1.29 is 9.66 Å². The Hall–Kier alpha value is -1.89. The first kappa shape index (κ1) is 15.2. The van der Waals surface area contributed by atoms with Gasteiger partial charge in [0.25, 0.3) is 5.69 Å². The Labute approximate surface area is 117 Å².